The van der Waals surface area contributed by atoms with Crippen molar-refractivity contribution in [2.24, 2.45) is 0 Å². The summed E-state index contributed by atoms with van der Waals surface area (Å²) in [7, 11) is 0. The summed E-state index contributed by atoms with van der Waals surface area (Å²) in [5.74, 6) is -0.896. The van der Waals surface area contributed by atoms with Gasteiger partial charge in [-0.25, -0.2) is 23.3 Å². The van der Waals surface area contributed by atoms with Crippen LogP contribution in [0.25, 0.3) is 0 Å². The zero-order chi connectivity index (χ0) is 15.5. The molecule has 0 saturated carbocycles. The molecule has 2 aliphatic carbocycles. The summed E-state index contributed by atoms with van der Waals surface area (Å²) in [4.78, 5) is 21.4. The van der Waals surface area contributed by atoms with E-state index in [0.29, 0.717) is 12.8 Å². The van der Waals surface area contributed by atoms with Crippen LogP contribution >= 0.6 is 0 Å². The first kappa shape index (κ1) is 20.6. The Bertz CT molecular complexity index is 485. The SMILES string of the molecule is CCC1=[C-]CC=C1.O=C(O)CCC(=O)CCC1=[C-]CC=C1.[Fe+2]. The fraction of sp³-hybridized carbons (Fsp3) is 0.444. The third-order valence-electron chi connectivity index (χ3n) is 3.20. The Morgan fingerprint density at radius 3 is 2.05 bits per heavy atom. The van der Waals surface area contributed by atoms with E-state index in [1.807, 2.05) is 12.2 Å². The second-order valence-corrected chi connectivity index (χ2v) is 4.90. The monoisotopic (exact) mass is 342 g/mol. The van der Waals surface area contributed by atoms with E-state index in [4.69, 9.17) is 5.11 Å². The molecule has 0 saturated heterocycles. The Morgan fingerprint density at radius 1 is 1.05 bits per heavy atom. The van der Waals surface area contributed by atoms with Gasteiger partial charge in [0.05, 0.1) is 6.42 Å². The van der Waals surface area contributed by atoms with Crippen LogP contribution in [-0.2, 0) is 26.7 Å². The van der Waals surface area contributed by atoms with Crippen LogP contribution in [0.3, 0.4) is 0 Å². The van der Waals surface area contributed by atoms with Gasteiger partial charge in [-0.05, 0) is 0 Å². The van der Waals surface area contributed by atoms with Gasteiger partial charge in [-0.1, -0.05) is 19.8 Å². The van der Waals surface area contributed by atoms with Gasteiger partial charge < -0.3 is 5.11 Å². The molecule has 0 aromatic rings. The molecule has 120 valence electrons. The van der Waals surface area contributed by atoms with Crippen LogP contribution in [0.5, 0.6) is 0 Å². The topological polar surface area (TPSA) is 54.4 Å². The molecule has 22 heavy (non-hydrogen) atoms. The normalized spacial score (nSPS) is 14.6. The van der Waals surface area contributed by atoms with Crippen molar-refractivity contribution in [3.8, 4) is 0 Å². The number of carboxylic acid groups (broad SMARTS) is 1. The first-order valence-electron chi connectivity index (χ1n) is 7.37. The molecule has 0 heterocycles. The molecule has 2 aliphatic rings. The van der Waals surface area contributed by atoms with E-state index in [1.54, 1.807) is 0 Å². The number of hydrogen-bond acceptors (Lipinski definition) is 2. The van der Waals surface area contributed by atoms with Crippen LogP contribution in [0, 0.1) is 12.2 Å². The number of carboxylic acids is 1. The maximum atomic E-state index is 11.2. The van der Waals surface area contributed by atoms with Gasteiger partial charge in [-0.15, -0.1) is 12.8 Å². The molecular formula is C18H22FeO3. The van der Waals surface area contributed by atoms with Crippen molar-refractivity contribution in [1.82, 2.24) is 0 Å². The number of Topliss-reactive ketones (excluding diaryl/α,β-unsaturated/α-hetero) is 1. The summed E-state index contributed by atoms with van der Waals surface area (Å²) in [5, 5.41) is 8.36. The van der Waals surface area contributed by atoms with Gasteiger partial charge >= 0.3 is 23.0 Å². The standard InChI is InChI=1S/C11H13O3.C7H9.Fe/c12-10(7-8-11(13)14)6-5-9-3-1-2-4-9;1-2-7-5-3-4-6-7;/h1,3H,2,5-8H2,(H,13,14);3,5H,2,4H2,1H3;/q2*-1;+2. The Balaban J connectivity index is 0.000000465. The summed E-state index contributed by atoms with van der Waals surface area (Å²) < 4.78 is 0. The van der Waals surface area contributed by atoms with E-state index in [-0.39, 0.29) is 35.7 Å². The van der Waals surface area contributed by atoms with Gasteiger partial charge in [0.25, 0.3) is 0 Å². The molecule has 0 aromatic heterocycles. The van der Waals surface area contributed by atoms with Crippen molar-refractivity contribution < 1.29 is 31.8 Å². The van der Waals surface area contributed by atoms with E-state index in [9.17, 15) is 9.59 Å². The van der Waals surface area contributed by atoms with Crippen LogP contribution in [0.2, 0.25) is 0 Å². The number of allylic oxidation sites excluding steroid dienone is 8. The molecule has 0 unspecified atom stereocenters. The largest absolute Gasteiger partial charge is 2.00 e. The molecule has 1 N–H and O–H groups in total. The number of aliphatic carboxylic acids is 1. The molecule has 0 aromatic carbocycles. The Kier molecular flexibility index (Phi) is 11.4. The zero-order valence-electron chi connectivity index (χ0n) is 12.9. The molecule has 0 fully saturated rings. The molecule has 0 radical (unpaired) electrons. The summed E-state index contributed by atoms with van der Waals surface area (Å²) in [6.45, 7) is 2.15. The Hall–Kier alpha value is -1.38. The van der Waals surface area contributed by atoms with Gasteiger partial charge in [0.15, 0.2) is 0 Å². The van der Waals surface area contributed by atoms with Gasteiger partial charge in [-0.2, -0.15) is 12.2 Å². The van der Waals surface area contributed by atoms with E-state index >= 15 is 0 Å². The smallest absolute Gasteiger partial charge is 0.481 e. The van der Waals surface area contributed by atoms with Crippen molar-refractivity contribution in [2.45, 2.75) is 51.9 Å². The van der Waals surface area contributed by atoms with E-state index in [0.717, 1.165) is 24.8 Å². The predicted octanol–water partition coefficient (Wildman–Crippen LogP) is 3.97. The summed E-state index contributed by atoms with van der Waals surface area (Å²) in [6.07, 6.45) is 18.8. The quantitative estimate of drug-likeness (QED) is 0.563. The van der Waals surface area contributed by atoms with Crippen molar-refractivity contribution >= 4 is 11.8 Å². The average Bonchev–Trinajstić information content (AvgIpc) is 3.16. The molecule has 0 bridgehead atoms. The first-order valence-corrected chi connectivity index (χ1v) is 7.37. The van der Waals surface area contributed by atoms with Crippen LogP contribution in [0.4, 0.5) is 0 Å². The predicted molar refractivity (Wildman–Crippen MR) is 82.4 cm³/mol. The third-order valence-corrected chi connectivity index (χ3v) is 3.20. The number of rotatable bonds is 7. The maximum Gasteiger partial charge on any atom is 2.00 e. The van der Waals surface area contributed by atoms with Crippen LogP contribution in [0.1, 0.15) is 51.9 Å². The van der Waals surface area contributed by atoms with Gasteiger partial charge in [0.1, 0.15) is 5.78 Å². The second-order valence-electron chi connectivity index (χ2n) is 4.90. The van der Waals surface area contributed by atoms with Crippen LogP contribution in [0.15, 0.2) is 35.5 Å². The summed E-state index contributed by atoms with van der Waals surface area (Å²) in [6, 6.07) is 0. The van der Waals surface area contributed by atoms with Gasteiger partial charge in [0.2, 0.25) is 0 Å². The number of ketones is 1. The molecule has 0 aliphatic heterocycles. The number of carbonyl (C=O) groups is 2. The first-order chi connectivity index (χ1) is 10.1. The molecule has 3 nitrogen and oxygen atoms in total. The minimum atomic E-state index is -0.912. The van der Waals surface area contributed by atoms with Crippen molar-refractivity contribution in [3.05, 3.63) is 47.6 Å². The zero-order valence-corrected chi connectivity index (χ0v) is 14.0. The minimum Gasteiger partial charge on any atom is -0.481 e. The van der Waals surface area contributed by atoms with E-state index < -0.39 is 5.97 Å². The van der Waals surface area contributed by atoms with E-state index in [1.165, 1.54) is 5.57 Å². The fourth-order valence-electron chi connectivity index (χ4n) is 1.96. The Labute approximate surface area is 143 Å². The summed E-state index contributed by atoms with van der Waals surface area (Å²) >= 11 is 0. The molecule has 4 heteroatoms. The Morgan fingerprint density at radius 2 is 1.64 bits per heavy atom. The third kappa shape index (κ3) is 9.54. The number of hydrogen-bond donors (Lipinski definition) is 1. The average molecular weight is 342 g/mol. The van der Waals surface area contributed by atoms with Gasteiger partial charge in [-0.3, -0.25) is 21.7 Å². The van der Waals surface area contributed by atoms with Crippen molar-refractivity contribution in [1.29, 1.82) is 0 Å². The molecule has 0 atom stereocenters. The van der Waals surface area contributed by atoms with Crippen molar-refractivity contribution in [2.75, 3.05) is 0 Å². The second kappa shape index (κ2) is 12.2. The molecule has 0 amide bonds. The number of carbonyl (C=O) groups excluding carboxylic acids is 1. The molecular weight excluding hydrogens is 320 g/mol. The molecule has 2 rings (SSSR count). The minimum absolute atomic E-state index is 0. The fourth-order valence-corrected chi connectivity index (χ4v) is 1.96. The van der Waals surface area contributed by atoms with Crippen LogP contribution in [-0.4, -0.2) is 16.9 Å². The summed E-state index contributed by atoms with van der Waals surface area (Å²) in [5.41, 5.74) is 2.42. The maximum absolute atomic E-state index is 11.2. The van der Waals surface area contributed by atoms with E-state index in [2.05, 4.69) is 31.2 Å². The molecule has 0 spiro atoms. The van der Waals surface area contributed by atoms with Crippen LogP contribution < -0.4 is 0 Å². The van der Waals surface area contributed by atoms with Gasteiger partial charge in [0, 0.05) is 12.8 Å². The van der Waals surface area contributed by atoms with Crippen molar-refractivity contribution in [3.63, 3.8) is 0 Å².